The normalized spacial score (nSPS) is 10.4. The number of thiophene rings is 2. The van der Waals surface area contributed by atoms with Crippen LogP contribution in [0.5, 0.6) is 0 Å². The van der Waals surface area contributed by atoms with Gasteiger partial charge in [0, 0.05) is 11.4 Å². The Bertz CT molecular complexity index is 348. The average Bonchev–Trinajstić information content (AvgIpc) is 2.75. The first kappa shape index (κ1) is 7.98. The Morgan fingerprint density at radius 3 is 2.75 bits per heavy atom. The molecule has 12 heavy (non-hydrogen) atoms. The van der Waals surface area contributed by atoms with E-state index >= 15 is 0 Å². The van der Waals surface area contributed by atoms with Gasteiger partial charge in [-0.2, -0.15) is 11.3 Å². The Balaban J connectivity index is 2.35. The van der Waals surface area contributed by atoms with Crippen LogP contribution in [0.2, 0.25) is 0 Å². The first-order chi connectivity index (χ1) is 5.90. The van der Waals surface area contributed by atoms with Crippen LogP contribution >= 0.6 is 22.7 Å². The van der Waals surface area contributed by atoms with Crippen LogP contribution in [0.1, 0.15) is 4.88 Å². The quantitative estimate of drug-likeness (QED) is 0.783. The molecule has 0 radical (unpaired) electrons. The van der Waals surface area contributed by atoms with E-state index in [1.807, 2.05) is 0 Å². The minimum atomic E-state index is 0.648. The van der Waals surface area contributed by atoms with Crippen molar-refractivity contribution in [3.63, 3.8) is 0 Å². The monoisotopic (exact) mass is 195 g/mol. The van der Waals surface area contributed by atoms with Gasteiger partial charge >= 0.3 is 0 Å². The predicted octanol–water partition coefficient (Wildman–Crippen LogP) is 2.94. The molecular formula is C9H9NS2. The van der Waals surface area contributed by atoms with Gasteiger partial charge in [-0.3, -0.25) is 0 Å². The summed E-state index contributed by atoms with van der Waals surface area (Å²) in [4.78, 5) is 1.25. The minimum Gasteiger partial charge on any atom is -0.326 e. The van der Waals surface area contributed by atoms with E-state index in [4.69, 9.17) is 5.73 Å². The second-order valence-electron chi connectivity index (χ2n) is 2.52. The molecule has 0 saturated carbocycles. The summed E-state index contributed by atoms with van der Waals surface area (Å²) in [7, 11) is 0. The molecule has 0 saturated heterocycles. The van der Waals surface area contributed by atoms with E-state index in [1.165, 1.54) is 16.0 Å². The van der Waals surface area contributed by atoms with E-state index in [0.717, 1.165) is 0 Å². The Labute approximate surface area is 79.5 Å². The third kappa shape index (κ3) is 1.43. The molecule has 3 heteroatoms. The van der Waals surface area contributed by atoms with Crippen LogP contribution < -0.4 is 5.73 Å². The van der Waals surface area contributed by atoms with Crippen molar-refractivity contribution >= 4 is 22.7 Å². The van der Waals surface area contributed by atoms with Gasteiger partial charge in [0.15, 0.2) is 0 Å². The second-order valence-corrected chi connectivity index (χ2v) is 4.29. The molecule has 0 fully saturated rings. The van der Waals surface area contributed by atoms with Crippen molar-refractivity contribution in [3.8, 4) is 11.1 Å². The lowest BCUT2D eigenvalue weighted by molar-refractivity contribution is 1.11. The fourth-order valence-corrected chi connectivity index (χ4v) is 2.51. The summed E-state index contributed by atoms with van der Waals surface area (Å²) in [5, 5.41) is 6.40. The van der Waals surface area contributed by atoms with Crippen molar-refractivity contribution in [2.75, 3.05) is 0 Å². The van der Waals surface area contributed by atoms with Crippen LogP contribution in [0.4, 0.5) is 0 Å². The third-order valence-corrected chi connectivity index (χ3v) is 3.35. The van der Waals surface area contributed by atoms with Gasteiger partial charge in [0.25, 0.3) is 0 Å². The second kappa shape index (κ2) is 3.39. The fourth-order valence-electron chi connectivity index (χ4n) is 1.07. The lowest BCUT2D eigenvalue weighted by Gasteiger charge is -1.87. The van der Waals surface area contributed by atoms with E-state index in [-0.39, 0.29) is 0 Å². The Morgan fingerprint density at radius 2 is 2.17 bits per heavy atom. The summed E-state index contributed by atoms with van der Waals surface area (Å²) in [6.07, 6.45) is 0. The highest BCUT2D eigenvalue weighted by molar-refractivity contribution is 7.10. The van der Waals surface area contributed by atoms with E-state index in [2.05, 4.69) is 28.3 Å². The van der Waals surface area contributed by atoms with Gasteiger partial charge in [-0.25, -0.2) is 0 Å². The Kier molecular flexibility index (Phi) is 2.26. The molecule has 1 nitrogen and oxygen atoms in total. The minimum absolute atomic E-state index is 0.648. The molecule has 0 atom stereocenters. The topological polar surface area (TPSA) is 26.0 Å². The fraction of sp³-hybridized carbons (Fsp3) is 0.111. The average molecular weight is 195 g/mol. The van der Waals surface area contributed by atoms with E-state index in [0.29, 0.717) is 6.54 Å². The molecule has 0 spiro atoms. The Hall–Kier alpha value is -0.640. The Morgan fingerprint density at radius 1 is 1.25 bits per heavy atom. The summed E-state index contributed by atoms with van der Waals surface area (Å²) in [6, 6.07) is 4.29. The largest absolute Gasteiger partial charge is 0.326 e. The first-order valence-electron chi connectivity index (χ1n) is 3.70. The highest BCUT2D eigenvalue weighted by Crippen LogP contribution is 2.26. The molecule has 2 rings (SSSR count). The summed E-state index contributed by atoms with van der Waals surface area (Å²) in [6.45, 7) is 0.648. The van der Waals surface area contributed by atoms with Gasteiger partial charge < -0.3 is 5.73 Å². The first-order valence-corrected chi connectivity index (χ1v) is 5.52. The van der Waals surface area contributed by atoms with E-state index < -0.39 is 0 Å². The van der Waals surface area contributed by atoms with Gasteiger partial charge in [-0.1, -0.05) is 0 Å². The van der Waals surface area contributed by atoms with E-state index in [1.54, 1.807) is 22.7 Å². The maximum Gasteiger partial charge on any atom is 0.0274 e. The van der Waals surface area contributed by atoms with Crippen molar-refractivity contribution in [3.05, 3.63) is 33.2 Å². The van der Waals surface area contributed by atoms with Crippen molar-refractivity contribution in [1.82, 2.24) is 0 Å². The van der Waals surface area contributed by atoms with Crippen molar-refractivity contribution in [1.29, 1.82) is 0 Å². The molecule has 0 aliphatic carbocycles. The standard InChI is InChI=1S/C9H9NS2/c10-4-9-3-8(6-12-9)7-1-2-11-5-7/h1-3,5-6H,4,10H2. The molecule has 0 aliphatic rings. The lowest BCUT2D eigenvalue weighted by Crippen LogP contribution is -1.91. The molecule has 0 bridgehead atoms. The number of rotatable bonds is 2. The van der Waals surface area contributed by atoms with Crippen LogP contribution in [0.15, 0.2) is 28.3 Å². The zero-order chi connectivity index (χ0) is 8.39. The third-order valence-electron chi connectivity index (χ3n) is 1.71. The molecule has 62 valence electrons. The van der Waals surface area contributed by atoms with Crippen molar-refractivity contribution in [2.45, 2.75) is 6.54 Å². The van der Waals surface area contributed by atoms with Gasteiger partial charge in [0.05, 0.1) is 0 Å². The molecule has 2 heterocycles. The molecule has 0 unspecified atom stereocenters. The van der Waals surface area contributed by atoms with Crippen LogP contribution in [0, 0.1) is 0 Å². The molecule has 2 aromatic heterocycles. The van der Waals surface area contributed by atoms with Crippen molar-refractivity contribution < 1.29 is 0 Å². The number of hydrogen-bond acceptors (Lipinski definition) is 3. The summed E-state index contributed by atoms with van der Waals surface area (Å²) in [5.41, 5.74) is 8.12. The SMILES string of the molecule is NCc1cc(-c2ccsc2)cs1. The summed E-state index contributed by atoms with van der Waals surface area (Å²) < 4.78 is 0. The van der Waals surface area contributed by atoms with Gasteiger partial charge in [-0.15, -0.1) is 11.3 Å². The number of nitrogens with two attached hydrogens (primary N) is 1. The van der Waals surface area contributed by atoms with Gasteiger partial charge in [0.1, 0.15) is 0 Å². The smallest absolute Gasteiger partial charge is 0.0274 e. The molecule has 0 aromatic carbocycles. The molecule has 0 amide bonds. The summed E-state index contributed by atoms with van der Waals surface area (Å²) in [5.74, 6) is 0. The van der Waals surface area contributed by atoms with Crippen LogP contribution in [0.3, 0.4) is 0 Å². The van der Waals surface area contributed by atoms with Crippen LogP contribution in [-0.4, -0.2) is 0 Å². The number of hydrogen-bond donors (Lipinski definition) is 1. The van der Waals surface area contributed by atoms with Crippen LogP contribution in [0.25, 0.3) is 11.1 Å². The highest BCUT2D eigenvalue weighted by Gasteiger charge is 2.00. The zero-order valence-corrected chi connectivity index (χ0v) is 8.12. The highest BCUT2D eigenvalue weighted by atomic mass is 32.1. The molecular weight excluding hydrogens is 186 g/mol. The van der Waals surface area contributed by atoms with Crippen LogP contribution in [-0.2, 0) is 6.54 Å². The molecule has 2 N–H and O–H groups in total. The molecule has 2 aromatic rings. The maximum absolute atomic E-state index is 5.53. The molecule has 0 aliphatic heterocycles. The van der Waals surface area contributed by atoms with Crippen molar-refractivity contribution in [2.24, 2.45) is 5.73 Å². The summed E-state index contributed by atoms with van der Waals surface area (Å²) >= 11 is 3.45. The predicted molar refractivity (Wildman–Crippen MR) is 55.5 cm³/mol. The van der Waals surface area contributed by atoms with E-state index in [9.17, 15) is 0 Å². The maximum atomic E-state index is 5.53. The lowest BCUT2D eigenvalue weighted by atomic mass is 10.2. The zero-order valence-electron chi connectivity index (χ0n) is 6.49. The van der Waals surface area contributed by atoms with Gasteiger partial charge in [0.2, 0.25) is 0 Å². The van der Waals surface area contributed by atoms with Gasteiger partial charge in [-0.05, 0) is 39.4 Å².